The number of hydrogen-bond acceptors (Lipinski definition) is 0. The van der Waals surface area contributed by atoms with Crippen molar-refractivity contribution in [3.8, 4) is 0 Å². The highest BCUT2D eigenvalue weighted by molar-refractivity contribution is 4.81. The summed E-state index contributed by atoms with van der Waals surface area (Å²) in [5.41, 5.74) is 0. The lowest BCUT2D eigenvalue weighted by Gasteiger charge is -2.22. The van der Waals surface area contributed by atoms with Crippen molar-refractivity contribution in [3.63, 3.8) is 0 Å². The summed E-state index contributed by atoms with van der Waals surface area (Å²) in [6.45, 7) is 6.32. The van der Waals surface area contributed by atoms with Gasteiger partial charge in [-0.25, -0.2) is 0 Å². The summed E-state index contributed by atoms with van der Waals surface area (Å²) >= 11 is 0. The first-order valence-corrected chi connectivity index (χ1v) is 7.47. The highest BCUT2D eigenvalue weighted by atomic mass is 14.2. The molecule has 1 aliphatic carbocycles. The van der Waals surface area contributed by atoms with Crippen LogP contribution in [-0.4, -0.2) is 0 Å². The van der Waals surface area contributed by atoms with E-state index in [1.807, 2.05) is 0 Å². The summed E-state index contributed by atoms with van der Waals surface area (Å²) < 4.78 is 0. The summed E-state index contributed by atoms with van der Waals surface area (Å²) in [4.78, 5) is 0. The molecule has 0 nitrogen and oxygen atoms in total. The maximum atomic E-state index is 3.97. The van der Waals surface area contributed by atoms with Crippen molar-refractivity contribution >= 4 is 0 Å². The lowest BCUT2D eigenvalue weighted by Crippen LogP contribution is -2.10. The van der Waals surface area contributed by atoms with Crippen LogP contribution >= 0.6 is 0 Å². The third-order valence-electron chi connectivity index (χ3n) is 4.27. The summed E-state index contributed by atoms with van der Waals surface area (Å²) in [5, 5.41) is 0. The van der Waals surface area contributed by atoms with Crippen LogP contribution in [0.1, 0.15) is 77.6 Å². The number of hydrogen-bond donors (Lipinski definition) is 0. The van der Waals surface area contributed by atoms with Crippen LogP contribution in [-0.2, 0) is 0 Å². The average Bonchev–Trinajstić information content (AvgIpc) is 2.29. The van der Waals surface area contributed by atoms with E-state index in [0.717, 1.165) is 11.8 Å². The Balaban J connectivity index is 2.32. The van der Waals surface area contributed by atoms with Crippen molar-refractivity contribution in [1.29, 1.82) is 0 Å². The summed E-state index contributed by atoms with van der Waals surface area (Å²) in [6, 6.07) is 0. The van der Waals surface area contributed by atoms with Crippen molar-refractivity contribution in [2.75, 3.05) is 0 Å². The maximum absolute atomic E-state index is 3.97. The van der Waals surface area contributed by atoms with Crippen molar-refractivity contribution in [3.05, 3.63) is 12.7 Å². The second kappa shape index (κ2) is 8.84. The summed E-state index contributed by atoms with van der Waals surface area (Å²) in [7, 11) is 0. The molecule has 0 heteroatoms. The highest BCUT2D eigenvalue weighted by Gasteiger charge is 2.14. The molecule has 0 heterocycles. The molecule has 1 saturated carbocycles. The van der Waals surface area contributed by atoms with Gasteiger partial charge in [0.2, 0.25) is 0 Å². The molecule has 1 fully saturated rings. The standard InChI is InChI=1S/C16H30/c1-3-15(2)16-13-11-9-7-5-4-6-8-10-12-14-16/h3,15-16H,1,4-14H2,2H3. The van der Waals surface area contributed by atoms with Gasteiger partial charge in [0.15, 0.2) is 0 Å². The first-order chi connectivity index (χ1) is 7.84. The molecule has 0 aromatic rings. The summed E-state index contributed by atoms with van der Waals surface area (Å²) in [6.07, 6.45) is 18.2. The number of allylic oxidation sites excluding steroid dienone is 1. The van der Waals surface area contributed by atoms with Gasteiger partial charge in [0.05, 0.1) is 0 Å². The minimum absolute atomic E-state index is 0.725. The van der Waals surface area contributed by atoms with E-state index >= 15 is 0 Å². The zero-order chi connectivity index (χ0) is 11.6. The fourth-order valence-electron chi connectivity index (χ4n) is 2.91. The second-order valence-corrected chi connectivity index (χ2v) is 5.61. The minimum atomic E-state index is 0.725. The van der Waals surface area contributed by atoms with Crippen LogP contribution in [0.2, 0.25) is 0 Å². The zero-order valence-electron chi connectivity index (χ0n) is 11.2. The SMILES string of the molecule is C=CC(C)C1CCCCCCCCCCC1. The molecule has 1 aliphatic rings. The van der Waals surface area contributed by atoms with E-state index in [4.69, 9.17) is 0 Å². The zero-order valence-corrected chi connectivity index (χ0v) is 11.2. The molecule has 1 rings (SSSR count). The predicted molar refractivity (Wildman–Crippen MR) is 73.6 cm³/mol. The summed E-state index contributed by atoms with van der Waals surface area (Å²) in [5.74, 6) is 1.64. The third kappa shape index (κ3) is 5.72. The van der Waals surface area contributed by atoms with Gasteiger partial charge in [0, 0.05) is 0 Å². The molecule has 0 aliphatic heterocycles. The van der Waals surface area contributed by atoms with E-state index in [-0.39, 0.29) is 0 Å². The Morgan fingerprint density at radius 3 is 1.56 bits per heavy atom. The van der Waals surface area contributed by atoms with E-state index in [2.05, 4.69) is 19.6 Å². The smallest absolute Gasteiger partial charge is 0.0236 e. The Kier molecular flexibility index (Phi) is 7.63. The Hall–Kier alpha value is -0.260. The molecule has 0 spiro atoms. The Morgan fingerprint density at radius 1 is 0.812 bits per heavy atom. The van der Waals surface area contributed by atoms with Gasteiger partial charge in [-0.05, 0) is 24.7 Å². The van der Waals surface area contributed by atoms with Gasteiger partial charge >= 0.3 is 0 Å². The van der Waals surface area contributed by atoms with Crippen LogP contribution in [0.5, 0.6) is 0 Å². The van der Waals surface area contributed by atoms with Gasteiger partial charge in [0.25, 0.3) is 0 Å². The molecule has 0 aromatic heterocycles. The normalized spacial score (nSPS) is 24.1. The molecule has 0 saturated heterocycles. The van der Waals surface area contributed by atoms with Crippen LogP contribution in [0.3, 0.4) is 0 Å². The lowest BCUT2D eigenvalue weighted by atomic mass is 9.84. The fourth-order valence-corrected chi connectivity index (χ4v) is 2.91. The van der Waals surface area contributed by atoms with Gasteiger partial charge in [-0.1, -0.05) is 70.8 Å². The van der Waals surface area contributed by atoms with Gasteiger partial charge in [-0.2, -0.15) is 0 Å². The van der Waals surface area contributed by atoms with Gasteiger partial charge in [-0.3, -0.25) is 0 Å². The first-order valence-electron chi connectivity index (χ1n) is 7.47. The molecule has 1 unspecified atom stereocenters. The quantitative estimate of drug-likeness (QED) is 0.523. The molecule has 0 aromatic carbocycles. The largest absolute Gasteiger partial charge is 0.103 e. The molecule has 0 bridgehead atoms. The number of rotatable bonds is 2. The topological polar surface area (TPSA) is 0 Å². The molecular formula is C16H30. The maximum Gasteiger partial charge on any atom is -0.0236 e. The fraction of sp³-hybridized carbons (Fsp3) is 0.875. The van der Waals surface area contributed by atoms with Crippen LogP contribution in [0.15, 0.2) is 12.7 Å². The molecule has 0 amide bonds. The van der Waals surface area contributed by atoms with Crippen LogP contribution in [0.25, 0.3) is 0 Å². The monoisotopic (exact) mass is 222 g/mol. The highest BCUT2D eigenvalue weighted by Crippen LogP contribution is 2.27. The molecule has 16 heavy (non-hydrogen) atoms. The van der Waals surface area contributed by atoms with E-state index < -0.39 is 0 Å². The van der Waals surface area contributed by atoms with E-state index in [1.165, 1.54) is 70.6 Å². The van der Waals surface area contributed by atoms with Gasteiger partial charge in [0.1, 0.15) is 0 Å². The van der Waals surface area contributed by atoms with Crippen LogP contribution in [0.4, 0.5) is 0 Å². The van der Waals surface area contributed by atoms with Crippen molar-refractivity contribution in [2.45, 2.75) is 77.6 Å². The van der Waals surface area contributed by atoms with Gasteiger partial charge < -0.3 is 0 Å². The first kappa shape index (κ1) is 13.8. The third-order valence-corrected chi connectivity index (χ3v) is 4.27. The van der Waals surface area contributed by atoms with Crippen LogP contribution in [0, 0.1) is 11.8 Å². The Bertz CT molecular complexity index is 159. The van der Waals surface area contributed by atoms with E-state index in [0.29, 0.717) is 0 Å². The average molecular weight is 222 g/mol. The van der Waals surface area contributed by atoms with Gasteiger partial charge in [-0.15, -0.1) is 6.58 Å². The van der Waals surface area contributed by atoms with Crippen molar-refractivity contribution in [2.24, 2.45) is 11.8 Å². The molecule has 0 N–H and O–H groups in total. The lowest BCUT2D eigenvalue weighted by molar-refractivity contribution is 0.333. The minimum Gasteiger partial charge on any atom is -0.103 e. The molecule has 94 valence electrons. The Morgan fingerprint density at radius 2 is 1.19 bits per heavy atom. The predicted octanol–water partition coefficient (Wildman–Crippen LogP) is 5.73. The van der Waals surface area contributed by atoms with E-state index in [9.17, 15) is 0 Å². The molecular weight excluding hydrogens is 192 g/mol. The second-order valence-electron chi connectivity index (χ2n) is 5.61. The van der Waals surface area contributed by atoms with Crippen LogP contribution < -0.4 is 0 Å². The Labute approximate surface area is 103 Å². The molecule has 0 radical (unpaired) electrons. The van der Waals surface area contributed by atoms with E-state index in [1.54, 1.807) is 0 Å². The van der Waals surface area contributed by atoms with Crippen molar-refractivity contribution in [1.82, 2.24) is 0 Å². The molecule has 1 atom stereocenters. The van der Waals surface area contributed by atoms with Crippen molar-refractivity contribution < 1.29 is 0 Å².